The van der Waals surface area contributed by atoms with Crippen LogP contribution in [0.1, 0.15) is 12.1 Å². The van der Waals surface area contributed by atoms with E-state index >= 15 is 0 Å². The highest BCUT2D eigenvalue weighted by atomic mass is 16.5. The molecule has 1 aliphatic heterocycles. The molecule has 0 aromatic carbocycles. The topological polar surface area (TPSA) is 47.0 Å². The zero-order valence-corrected chi connectivity index (χ0v) is 8.15. The first-order valence-corrected chi connectivity index (χ1v) is 4.98. The van der Waals surface area contributed by atoms with E-state index in [2.05, 4.69) is 15.3 Å². The van der Waals surface area contributed by atoms with Crippen LogP contribution < -0.4 is 5.32 Å². The molecule has 0 radical (unpaired) electrons. The molecule has 0 amide bonds. The second-order valence-corrected chi connectivity index (χ2v) is 3.56. The largest absolute Gasteiger partial charge is 0.381 e. The van der Waals surface area contributed by atoms with Gasteiger partial charge in [0.1, 0.15) is 6.33 Å². The Morgan fingerprint density at radius 2 is 2.57 bits per heavy atom. The van der Waals surface area contributed by atoms with E-state index in [-0.39, 0.29) is 0 Å². The zero-order valence-electron chi connectivity index (χ0n) is 8.15. The van der Waals surface area contributed by atoms with Crippen LogP contribution in [0.15, 0.2) is 18.6 Å². The van der Waals surface area contributed by atoms with Crippen LogP contribution in [0.5, 0.6) is 0 Å². The van der Waals surface area contributed by atoms with E-state index in [1.165, 1.54) is 6.42 Å². The Bertz CT molecular complexity index is 259. The van der Waals surface area contributed by atoms with Crippen molar-refractivity contribution < 1.29 is 4.74 Å². The van der Waals surface area contributed by atoms with Crippen LogP contribution in [-0.4, -0.2) is 29.7 Å². The zero-order chi connectivity index (χ0) is 9.64. The molecular weight excluding hydrogens is 178 g/mol. The van der Waals surface area contributed by atoms with E-state index in [0.717, 1.165) is 32.0 Å². The number of rotatable bonds is 4. The lowest BCUT2D eigenvalue weighted by Gasteiger charge is -2.08. The molecule has 1 aromatic rings. The molecule has 1 unspecified atom stereocenters. The number of nitrogens with zero attached hydrogens (tertiary/aromatic N) is 2. The third-order valence-corrected chi connectivity index (χ3v) is 2.41. The fourth-order valence-electron chi connectivity index (χ4n) is 1.57. The summed E-state index contributed by atoms with van der Waals surface area (Å²) in [5.41, 5.74) is 1.04. The molecule has 4 heteroatoms. The molecule has 1 aliphatic rings. The van der Waals surface area contributed by atoms with Crippen LogP contribution in [0.2, 0.25) is 0 Å². The van der Waals surface area contributed by atoms with Gasteiger partial charge in [-0.05, 0) is 18.4 Å². The maximum absolute atomic E-state index is 5.29. The molecule has 76 valence electrons. The van der Waals surface area contributed by atoms with Crippen LogP contribution >= 0.6 is 0 Å². The number of nitrogens with one attached hydrogen (secondary N) is 1. The molecule has 0 spiro atoms. The van der Waals surface area contributed by atoms with E-state index in [9.17, 15) is 0 Å². The van der Waals surface area contributed by atoms with E-state index < -0.39 is 0 Å². The fraction of sp³-hybridized carbons (Fsp3) is 0.600. The predicted octanol–water partition coefficient (Wildman–Crippen LogP) is 0.603. The summed E-state index contributed by atoms with van der Waals surface area (Å²) in [6.07, 6.45) is 4.52. The molecule has 0 bridgehead atoms. The minimum Gasteiger partial charge on any atom is -0.381 e. The Kier molecular flexibility index (Phi) is 3.43. The van der Waals surface area contributed by atoms with Gasteiger partial charge in [0, 0.05) is 25.9 Å². The summed E-state index contributed by atoms with van der Waals surface area (Å²) in [7, 11) is 0. The van der Waals surface area contributed by atoms with Gasteiger partial charge in [-0.3, -0.25) is 0 Å². The molecule has 0 saturated carbocycles. The second kappa shape index (κ2) is 5.02. The Morgan fingerprint density at radius 1 is 1.57 bits per heavy atom. The molecule has 0 aliphatic carbocycles. The summed E-state index contributed by atoms with van der Waals surface area (Å²) < 4.78 is 5.29. The summed E-state index contributed by atoms with van der Waals surface area (Å²) in [6, 6.07) is 1.93. The number of aromatic nitrogens is 2. The van der Waals surface area contributed by atoms with Crippen molar-refractivity contribution in [3.05, 3.63) is 24.3 Å². The summed E-state index contributed by atoms with van der Waals surface area (Å²) in [6.45, 7) is 3.65. The molecule has 1 N–H and O–H groups in total. The van der Waals surface area contributed by atoms with Gasteiger partial charge < -0.3 is 10.1 Å². The Morgan fingerprint density at radius 3 is 3.29 bits per heavy atom. The summed E-state index contributed by atoms with van der Waals surface area (Å²) in [4.78, 5) is 8.01. The minimum atomic E-state index is 0.678. The summed E-state index contributed by atoms with van der Waals surface area (Å²) in [5.74, 6) is 0.678. The van der Waals surface area contributed by atoms with Gasteiger partial charge in [-0.2, -0.15) is 0 Å². The van der Waals surface area contributed by atoms with Crippen LogP contribution in [-0.2, 0) is 11.3 Å². The molecule has 2 heterocycles. The predicted molar refractivity (Wildman–Crippen MR) is 52.7 cm³/mol. The Balaban J connectivity index is 1.67. The van der Waals surface area contributed by atoms with Crippen molar-refractivity contribution in [1.29, 1.82) is 0 Å². The first kappa shape index (κ1) is 9.55. The van der Waals surface area contributed by atoms with Gasteiger partial charge in [-0.25, -0.2) is 9.97 Å². The quantitative estimate of drug-likeness (QED) is 0.760. The maximum atomic E-state index is 5.29. The van der Waals surface area contributed by atoms with Crippen molar-refractivity contribution in [2.75, 3.05) is 19.8 Å². The molecular formula is C10H15N3O. The van der Waals surface area contributed by atoms with Crippen molar-refractivity contribution in [2.45, 2.75) is 13.0 Å². The van der Waals surface area contributed by atoms with Gasteiger partial charge in [-0.1, -0.05) is 0 Å². The van der Waals surface area contributed by atoms with E-state index in [1.54, 1.807) is 12.5 Å². The highest BCUT2D eigenvalue weighted by molar-refractivity contribution is 4.96. The van der Waals surface area contributed by atoms with Crippen LogP contribution in [0, 0.1) is 5.92 Å². The average Bonchev–Trinajstić information content (AvgIpc) is 2.72. The van der Waals surface area contributed by atoms with E-state index in [0.29, 0.717) is 5.92 Å². The lowest BCUT2D eigenvalue weighted by molar-refractivity contribution is 0.185. The van der Waals surface area contributed by atoms with Crippen molar-refractivity contribution in [3.63, 3.8) is 0 Å². The van der Waals surface area contributed by atoms with Crippen molar-refractivity contribution in [2.24, 2.45) is 5.92 Å². The van der Waals surface area contributed by atoms with Crippen LogP contribution in [0.25, 0.3) is 0 Å². The van der Waals surface area contributed by atoms with Gasteiger partial charge in [0.25, 0.3) is 0 Å². The third-order valence-electron chi connectivity index (χ3n) is 2.41. The van der Waals surface area contributed by atoms with Gasteiger partial charge in [0.15, 0.2) is 0 Å². The van der Waals surface area contributed by atoms with Crippen molar-refractivity contribution in [1.82, 2.24) is 15.3 Å². The molecule has 1 atom stereocenters. The van der Waals surface area contributed by atoms with Crippen molar-refractivity contribution >= 4 is 0 Å². The van der Waals surface area contributed by atoms with E-state index in [4.69, 9.17) is 4.74 Å². The van der Waals surface area contributed by atoms with Gasteiger partial charge in [0.05, 0.1) is 12.3 Å². The molecule has 1 fully saturated rings. The Hall–Kier alpha value is -1.00. The molecule has 2 rings (SSSR count). The monoisotopic (exact) mass is 193 g/mol. The summed E-state index contributed by atoms with van der Waals surface area (Å²) in [5, 5.41) is 3.37. The SMILES string of the molecule is c1cc(CNCC2CCOC2)ncn1. The number of ether oxygens (including phenoxy) is 1. The van der Waals surface area contributed by atoms with Gasteiger partial charge in [-0.15, -0.1) is 0 Å². The van der Waals surface area contributed by atoms with Gasteiger partial charge in [0.2, 0.25) is 0 Å². The highest BCUT2D eigenvalue weighted by Crippen LogP contribution is 2.10. The maximum Gasteiger partial charge on any atom is 0.115 e. The highest BCUT2D eigenvalue weighted by Gasteiger charge is 2.14. The lowest BCUT2D eigenvalue weighted by atomic mass is 10.1. The van der Waals surface area contributed by atoms with E-state index in [1.807, 2.05) is 6.07 Å². The molecule has 14 heavy (non-hydrogen) atoms. The third kappa shape index (κ3) is 2.75. The standard InChI is InChI=1S/C10H15N3O/c1-3-11-8-13-10(1)6-12-5-9-2-4-14-7-9/h1,3,8-9,12H,2,4-7H2. The molecule has 1 saturated heterocycles. The molecule has 4 nitrogen and oxygen atoms in total. The number of hydrogen-bond acceptors (Lipinski definition) is 4. The number of hydrogen-bond donors (Lipinski definition) is 1. The Labute approximate surface area is 83.7 Å². The fourth-order valence-corrected chi connectivity index (χ4v) is 1.57. The second-order valence-electron chi connectivity index (χ2n) is 3.56. The average molecular weight is 193 g/mol. The first-order valence-electron chi connectivity index (χ1n) is 4.98. The first-order chi connectivity index (χ1) is 6.95. The lowest BCUT2D eigenvalue weighted by Crippen LogP contribution is -2.23. The summed E-state index contributed by atoms with van der Waals surface area (Å²) >= 11 is 0. The molecule has 1 aromatic heterocycles. The minimum absolute atomic E-state index is 0.678. The normalized spacial score (nSPS) is 21.3. The van der Waals surface area contributed by atoms with Crippen molar-refractivity contribution in [3.8, 4) is 0 Å². The van der Waals surface area contributed by atoms with Crippen LogP contribution in [0.4, 0.5) is 0 Å². The van der Waals surface area contributed by atoms with Gasteiger partial charge >= 0.3 is 0 Å². The van der Waals surface area contributed by atoms with Crippen LogP contribution in [0.3, 0.4) is 0 Å². The smallest absolute Gasteiger partial charge is 0.115 e.